The standard InChI is InChI=1S/C19H28N4O2/c1-22-17(24)14-16(18(22)15-6-3-2-4-7-15)19(25)21-8-5-11-23-12-9-20-10-13-23/h2-4,6-7,16,18,20H,5,8-14H2,1H3,(H,21,25)/t16-,18+/m1/s1. The lowest BCUT2D eigenvalue weighted by Gasteiger charge is -2.27. The van der Waals surface area contributed by atoms with E-state index in [0.29, 0.717) is 13.0 Å². The SMILES string of the molecule is CN1C(=O)C[C@@H](C(=O)NCCCN2CCNCC2)[C@@H]1c1ccccc1. The molecule has 2 heterocycles. The van der Waals surface area contributed by atoms with Gasteiger partial charge in [-0.05, 0) is 18.5 Å². The molecule has 6 nitrogen and oxygen atoms in total. The minimum atomic E-state index is -0.306. The highest BCUT2D eigenvalue weighted by Gasteiger charge is 2.42. The Balaban J connectivity index is 1.52. The van der Waals surface area contributed by atoms with E-state index in [1.165, 1.54) is 0 Å². The molecule has 1 aromatic rings. The highest BCUT2D eigenvalue weighted by molar-refractivity contribution is 5.90. The minimum Gasteiger partial charge on any atom is -0.356 e. The third-order valence-electron chi connectivity index (χ3n) is 5.22. The van der Waals surface area contributed by atoms with Crippen LogP contribution in [0.2, 0.25) is 0 Å². The average molecular weight is 344 g/mol. The summed E-state index contributed by atoms with van der Waals surface area (Å²) in [5.41, 5.74) is 1.02. The van der Waals surface area contributed by atoms with E-state index in [0.717, 1.165) is 44.7 Å². The van der Waals surface area contributed by atoms with Crippen molar-refractivity contribution in [3.63, 3.8) is 0 Å². The van der Waals surface area contributed by atoms with Gasteiger partial charge < -0.3 is 20.4 Å². The fraction of sp³-hybridized carbons (Fsp3) is 0.579. The van der Waals surface area contributed by atoms with Crippen LogP contribution in [0.5, 0.6) is 0 Å². The molecule has 3 rings (SSSR count). The van der Waals surface area contributed by atoms with Gasteiger partial charge in [0.25, 0.3) is 0 Å². The molecule has 136 valence electrons. The predicted molar refractivity (Wildman–Crippen MR) is 97.0 cm³/mol. The van der Waals surface area contributed by atoms with E-state index in [1.807, 2.05) is 30.3 Å². The molecule has 2 amide bonds. The van der Waals surface area contributed by atoms with Crippen LogP contribution in [0.1, 0.15) is 24.4 Å². The van der Waals surface area contributed by atoms with Crippen molar-refractivity contribution < 1.29 is 9.59 Å². The molecule has 2 aliphatic heterocycles. The third-order valence-corrected chi connectivity index (χ3v) is 5.22. The lowest BCUT2D eigenvalue weighted by molar-refractivity contribution is -0.128. The van der Waals surface area contributed by atoms with Gasteiger partial charge in [-0.25, -0.2) is 0 Å². The monoisotopic (exact) mass is 344 g/mol. The van der Waals surface area contributed by atoms with Gasteiger partial charge in [-0.3, -0.25) is 9.59 Å². The van der Waals surface area contributed by atoms with Crippen molar-refractivity contribution in [1.29, 1.82) is 0 Å². The summed E-state index contributed by atoms with van der Waals surface area (Å²) in [5, 5.41) is 6.39. The zero-order valence-electron chi connectivity index (χ0n) is 14.9. The van der Waals surface area contributed by atoms with Crippen LogP contribution in [0.25, 0.3) is 0 Å². The Labute approximate surface area is 149 Å². The summed E-state index contributed by atoms with van der Waals surface area (Å²) in [6.07, 6.45) is 1.23. The highest BCUT2D eigenvalue weighted by Crippen LogP contribution is 2.36. The van der Waals surface area contributed by atoms with Crippen molar-refractivity contribution >= 4 is 11.8 Å². The Kier molecular flexibility index (Phi) is 6.04. The molecule has 25 heavy (non-hydrogen) atoms. The third kappa shape index (κ3) is 4.38. The van der Waals surface area contributed by atoms with Crippen molar-refractivity contribution in [1.82, 2.24) is 20.4 Å². The Bertz CT molecular complexity index is 586. The summed E-state index contributed by atoms with van der Waals surface area (Å²) in [6.45, 7) is 5.91. The van der Waals surface area contributed by atoms with E-state index in [4.69, 9.17) is 0 Å². The molecule has 1 aromatic carbocycles. The zero-order valence-corrected chi connectivity index (χ0v) is 14.9. The van der Waals surface area contributed by atoms with Gasteiger partial charge >= 0.3 is 0 Å². The number of piperazine rings is 1. The Morgan fingerprint density at radius 2 is 1.96 bits per heavy atom. The van der Waals surface area contributed by atoms with Crippen LogP contribution in [-0.2, 0) is 9.59 Å². The van der Waals surface area contributed by atoms with Crippen molar-refractivity contribution in [2.24, 2.45) is 5.92 Å². The molecule has 2 atom stereocenters. The van der Waals surface area contributed by atoms with Gasteiger partial charge in [-0.15, -0.1) is 0 Å². The first-order valence-corrected chi connectivity index (χ1v) is 9.18. The number of likely N-dealkylation sites (tertiary alicyclic amines) is 1. The second-order valence-electron chi connectivity index (χ2n) is 6.91. The molecule has 6 heteroatoms. The largest absolute Gasteiger partial charge is 0.356 e. The normalized spacial score (nSPS) is 24.5. The molecule has 0 spiro atoms. The number of carbonyl (C=O) groups excluding carboxylic acids is 2. The maximum Gasteiger partial charge on any atom is 0.226 e. The Morgan fingerprint density at radius 3 is 2.68 bits per heavy atom. The van der Waals surface area contributed by atoms with Gasteiger partial charge in [-0.2, -0.15) is 0 Å². The maximum atomic E-state index is 12.7. The molecule has 0 aliphatic carbocycles. The smallest absolute Gasteiger partial charge is 0.226 e. The first-order chi connectivity index (χ1) is 12.2. The van der Waals surface area contributed by atoms with Crippen LogP contribution >= 0.6 is 0 Å². The summed E-state index contributed by atoms with van der Waals surface area (Å²) in [6, 6.07) is 9.67. The van der Waals surface area contributed by atoms with Crippen molar-refractivity contribution in [3.8, 4) is 0 Å². The zero-order chi connectivity index (χ0) is 17.6. The molecule has 0 saturated carbocycles. The van der Waals surface area contributed by atoms with Gasteiger partial charge in [0.1, 0.15) is 0 Å². The van der Waals surface area contributed by atoms with Crippen LogP contribution in [0.3, 0.4) is 0 Å². The summed E-state index contributed by atoms with van der Waals surface area (Å²) in [4.78, 5) is 28.9. The number of hydrogen-bond acceptors (Lipinski definition) is 4. The lowest BCUT2D eigenvalue weighted by atomic mass is 9.93. The number of benzene rings is 1. The van der Waals surface area contributed by atoms with Crippen molar-refractivity contribution in [3.05, 3.63) is 35.9 Å². The molecule has 2 saturated heterocycles. The van der Waals surface area contributed by atoms with E-state index in [9.17, 15) is 9.59 Å². The molecular weight excluding hydrogens is 316 g/mol. The van der Waals surface area contributed by atoms with Gasteiger partial charge in [0, 0.05) is 46.2 Å². The van der Waals surface area contributed by atoms with E-state index in [-0.39, 0.29) is 23.8 Å². The molecule has 2 N–H and O–H groups in total. The molecule has 2 aliphatic rings. The van der Waals surface area contributed by atoms with Gasteiger partial charge in [0.2, 0.25) is 11.8 Å². The second-order valence-corrected chi connectivity index (χ2v) is 6.91. The number of nitrogens with one attached hydrogen (secondary N) is 2. The number of nitrogens with zero attached hydrogens (tertiary/aromatic N) is 2. The summed E-state index contributed by atoms with van der Waals surface area (Å²) >= 11 is 0. The van der Waals surface area contributed by atoms with Crippen LogP contribution in [0.15, 0.2) is 30.3 Å². The van der Waals surface area contributed by atoms with E-state index in [1.54, 1.807) is 11.9 Å². The predicted octanol–water partition coefficient (Wildman–Crippen LogP) is 0.618. The van der Waals surface area contributed by atoms with E-state index < -0.39 is 0 Å². The van der Waals surface area contributed by atoms with Crippen LogP contribution in [0, 0.1) is 5.92 Å². The summed E-state index contributed by atoms with van der Waals surface area (Å²) < 4.78 is 0. The number of carbonyl (C=O) groups is 2. The fourth-order valence-corrected chi connectivity index (χ4v) is 3.79. The van der Waals surface area contributed by atoms with Crippen LogP contribution in [0.4, 0.5) is 0 Å². The number of rotatable bonds is 6. The van der Waals surface area contributed by atoms with E-state index in [2.05, 4.69) is 15.5 Å². The molecule has 0 aromatic heterocycles. The molecule has 0 bridgehead atoms. The minimum absolute atomic E-state index is 0.00753. The quantitative estimate of drug-likeness (QED) is 0.743. The summed E-state index contributed by atoms with van der Waals surface area (Å²) in [5.74, 6) is -0.277. The van der Waals surface area contributed by atoms with E-state index >= 15 is 0 Å². The average Bonchev–Trinajstić information content (AvgIpc) is 2.95. The van der Waals surface area contributed by atoms with Crippen molar-refractivity contribution in [2.75, 3.05) is 46.3 Å². The van der Waals surface area contributed by atoms with Crippen LogP contribution < -0.4 is 10.6 Å². The molecule has 2 fully saturated rings. The first kappa shape index (κ1) is 17.9. The first-order valence-electron chi connectivity index (χ1n) is 9.18. The lowest BCUT2D eigenvalue weighted by Crippen LogP contribution is -2.44. The molecule has 0 radical (unpaired) electrons. The molecular formula is C19H28N4O2. The fourth-order valence-electron chi connectivity index (χ4n) is 3.79. The summed E-state index contributed by atoms with van der Waals surface area (Å²) in [7, 11) is 1.79. The van der Waals surface area contributed by atoms with Crippen molar-refractivity contribution in [2.45, 2.75) is 18.9 Å². The van der Waals surface area contributed by atoms with Gasteiger partial charge in [0.15, 0.2) is 0 Å². The van der Waals surface area contributed by atoms with Gasteiger partial charge in [-0.1, -0.05) is 30.3 Å². The number of amides is 2. The Hall–Kier alpha value is -1.92. The molecule has 0 unspecified atom stereocenters. The Morgan fingerprint density at radius 1 is 1.24 bits per heavy atom. The van der Waals surface area contributed by atoms with Gasteiger partial charge in [0.05, 0.1) is 12.0 Å². The number of hydrogen-bond donors (Lipinski definition) is 2. The highest BCUT2D eigenvalue weighted by atomic mass is 16.2. The second kappa shape index (κ2) is 8.45. The maximum absolute atomic E-state index is 12.7. The van der Waals surface area contributed by atoms with Crippen LogP contribution in [-0.4, -0.2) is 67.9 Å². The topological polar surface area (TPSA) is 64.7 Å².